The quantitative estimate of drug-likeness (QED) is 0.575. The number of ketones is 2. The third-order valence-electron chi connectivity index (χ3n) is 4.55. The maximum absolute atomic E-state index is 12.8. The molecule has 0 saturated heterocycles. The molecule has 0 amide bonds. The SMILES string of the molecule is COc1ccc(S(=O)(=O)Nc2ccc3c(c2)C(=O)c2ccccc2C3=O)cc1. The van der Waals surface area contributed by atoms with E-state index in [-0.39, 0.29) is 33.3 Å². The van der Waals surface area contributed by atoms with E-state index < -0.39 is 10.0 Å². The molecule has 0 radical (unpaired) electrons. The molecule has 0 spiro atoms. The highest BCUT2D eigenvalue weighted by Gasteiger charge is 2.29. The van der Waals surface area contributed by atoms with Crippen LogP contribution in [0.15, 0.2) is 71.6 Å². The summed E-state index contributed by atoms with van der Waals surface area (Å²) in [4.78, 5) is 25.5. The van der Waals surface area contributed by atoms with Crippen LogP contribution in [0.3, 0.4) is 0 Å². The molecule has 0 fully saturated rings. The zero-order valence-corrected chi connectivity index (χ0v) is 15.6. The average molecular weight is 393 g/mol. The van der Waals surface area contributed by atoms with Crippen LogP contribution >= 0.6 is 0 Å². The summed E-state index contributed by atoms with van der Waals surface area (Å²) in [5.74, 6) is -0.0269. The van der Waals surface area contributed by atoms with Crippen LogP contribution in [0.25, 0.3) is 0 Å². The lowest BCUT2D eigenvalue weighted by Crippen LogP contribution is -2.21. The Labute approximate surface area is 161 Å². The van der Waals surface area contributed by atoms with E-state index in [4.69, 9.17) is 4.74 Å². The molecule has 6 nitrogen and oxygen atoms in total. The second-order valence-electron chi connectivity index (χ2n) is 6.25. The Morgan fingerprint density at radius 3 is 1.93 bits per heavy atom. The number of rotatable bonds is 4. The molecule has 1 N–H and O–H groups in total. The fourth-order valence-electron chi connectivity index (χ4n) is 3.13. The van der Waals surface area contributed by atoms with Crippen LogP contribution in [0.4, 0.5) is 5.69 Å². The normalized spacial score (nSPS) is 12.9. The fourth-order valence-corrected chi connectivity index (χ4v) is 4.18. The predicted octanol–water partition coefficient (Wildman–Crippen LogP) is 3.27. The number of carbonyl (C=O) groups excluding carboxylic acids is 2. The van der Waals surface area contributed by atoms with Crippen molar-refractivity contribution in [2.45, 2.75) is 4.90 Å². The van der Waals surface area contributed by atoms with E-state index in [0.717, 1.165) is 0 Å². The van der Waals surface area contributed by atoms with E-state index >= 15 is 0 Å². The monoisotopic (exact) mass is 393 g/mol. The fraction of sp³-hybridized carbons (Fsp3) is 0.0476. The lowest BCUT2D eigenvalue weighted by molar-refractivity contribution is 0.0979. The van der Waals surface area contributed by atoms with Gasteiger partial charge in [-0.15, -0.1) is 0 Å². The Morgan fingerprint density at radius 1 is 0.750 bits per heavy atom. The summed E-state index contributed by atoms with van der Waals surface area (Å²) in [7, 11) is -2.37. The minimum Gasteiger partial charge on any atom is -0.497 e. The molecule has 0 heterocycles. The minimum absolute atomic E-state index is 0.0544. The van der Waals surface area contributed by atoms with E-state index in [1.54, 1.807) is 36.4 Å². The van der Waals surface area contributed by atoms with E-state index in [1.807, 2.05) is 0 Å². The first kappa shape index (κ1) is 17.9. The Kier molecular flexibility index (Phi) is 4.24. The summed E-state index contributed by atoms with van der Waals surface area (Å²) in [5, 5.41) is 0. The summed E-state index contributed by atoms with van der Waals surface area (Å²) in [5.41, 5.74) is 1.31. The van der Waals surface area contributed by atoms with Crippen molar-refractivity contribution in [3.8, 4) is 5.75 Å². The molecular weight excluding hydrogens is 378 g/mol. The highest BCUT2D eigenvalue weighted by molar-refractivity contribution is 7.92. The topological polar surface area (TPSA) is 89.5 Å². The molecule has 140 valence electrons. The predicted molar refractivity (Wildman–Crippen MR) is 104 cm³/mol. The van der Waals surface area contributed by atoms with Crippen LogP contribution in [-0.2, 0) is 10.0 Å². The second-order valence-corrected chi connectivity index (χ2v) is 7.93. The molecule has 3 aromatic carbocycles. The molecule has 0 aliphatic heterocycles. The maximum Gasteiger partial charge on any atom is 0.261 e. The molecule has 0 aromatic heterocycles. The Hall–Kier alpha value is -3.45. The molecule has 1 aliphatic carbocycles. The van der Waals surface area contributed by atoms with Crippen LogP contribution in [0.2, 0.25) is 0 Å². The number of anilines is 1. The molecule has 0 unspecified atom stereocenters. The van der Waals surface area contributed by atoms with Crippen molar-refractivity contribution in [1.82, 2.24) is 0 Å². The van der Waals surface area contributed by atoms with Gasteiger partial charge in [0.25, 0.3) is 10.0 Å². The standard InChI is InChI=1S/C21H15NO5S/c1-27-14-7-9-15(10-8-14)28(25,26)22-13-6-11-18-19(12-13)21(24)17-5-3-2-4-16(17)20(18)23/h2-12,22H,1H3. The van der Waals surface area contributed by atoms with Crippen molar-refractivity contribution in [1.29, 1.82) is 0 Å². The zero-order chi connectivity index (χ0) is 19.9. The number of carbonyl (C=O) groups is 2. The first-order chi connectivity index (χ1) is 13.4. The van der Waals surface area contributed by atoms with Gasteiger partial charge in [-0.25, -0.2) is 8.42 Å². The molecule has 0 bridgehead atoms. The average Bonchev–Trinajstić information content (AvgIpc) is 2.72. The zero-order valence-electron chi connectivity index (χ0n) is 14.8. The van der Waals surface area contributed by atoms with E-state index in [2.05, 4.69) is 4.72 Å². The molecule has 3 aromatic rings. The van der Waals surface area contributed by atoms with Gasteiger partial charge in [0.1, 0.15) is 5.75 Å². The number of ether oxygens (including phenoxy) is 1. The van der Waals surface area contributed by atoms with Crippen LogP contribution in [0, 0.1) is 0 Å². The molecule has 28 heavy (non-hydrogen) atoms. The first-order valence-corrected chi connectivity index (χ1v) is 9.88. The molecule has 1 aliphatic rings. The molecule has 7 heteroatoms. The van der Waals surface area contributed by atoms with Crippen molar-refractivity contribution < 1.29 is 22.7 Å². The van der Waals surface area contributed by atoms with Crippen LogP contribution in [-0.4, -0.2) is 27.1 Å². The summed E-state index contributed by atoms with van der Waals surface area (Å²) in [6, 6.07) is 16.8. The number of nitrogens with one attached hydrogen (secondary N) is 1. The van der Waals surface area contributed by atoms with Gasteiger partial charge in [0.05, 0.1) is 12.0 Å². The summed E-state index contributed by atoms with van der Waals surface area (Å²) in [6.45, 7) is 0. The number of sulfonamides is 1. The summed E-state index contributed by atoms with van der Waals surface area (Å²) in [6.07, 6.45) is 0. The van der Waals surface area contributed by atoms with Gasteiger partial charge in [-0.1, -0.05) is 24.3 Å². The highest BCUT2D eigenvalue weighted by atomic mass is 32.2. The van der Waals surface area contributed by atoms with Gasteiger partial charge in [-0.05, 0) is 42.5 Å². The van der Waals surface area contributed by atoms with Gasteiger partial charge < -0.3 is 4.74 Å². The number of methoxy groups -OCH3 is 1. The minimum atomic E-state index is -3.86. The van der Waals surface area contributed by atoms with Gasteiger partial charge in [0, 0.05) is 27.9 Å². The Bertz CT molecular complexity index is 1210. The van der Waals surface area contributed by atoms with Crippen LogP contribution in [0.5, 0.6) is 5.75 Å². The number of benzene rings is 3. The van der Waals surface area contributed by atoms with Gasteiger partial charge in [0.2, 0.25) is 0 Å². The summed E-state index contributed by atoms with van der Waals surface area (Å²) < 4.78 is 32.7. The van der Waals surface area contributed by atoms with Gasteiger partial charge >= 0.3 is 0 Å². The lowest BCUT2D eigenvalue weighted by Gasteiger charge is -2.18. The highest BCUT2D eigenvalue weighted by Crippen LogP contribution is 2.30. The lowest BCUT2D eigenvalue weighted by atomic mass is 9.84. The van der Waals surface area contributed by atoms with Crippen LogP contribution in [0.1, 0.15) is 31.8 Å². The molecular formula is C21H15NO5S. The van der Waals surface area contributed by atoms with Crippen molar-refractivity contribution in [3.63, 3.8) is 0 Å². The summed E-state index contributed by atoms with van der Waals surface area (Å²) >= 11 is 0. The van der Waals surface area contributed by atoms with Crippen molar-refractivity contribution in [2.24, 2.45) is 0 Å². The van der Waals surface area contributed by atoms with Gasteiger partial charge in [0.15, 0.2) is 11.6 Å². The number of hydrogen-bond acceptors (Lipinski definition) is 5. The van der Waals surface area contributed by atoms with E-state index in [0.29, 0.717) is 16.9 Å². The van der Waals surface area contributed by atoms with Crippen molar-refractivity contribution >= 4 is 27.3 Å². The van der Waals surface area contributed by atoms with Crippen molar-refractivity contribution in [2.75, 3.05) is 11.8 Å². The van der Waals surface area contributed by atoms with Crippen LogP contribution < -0.4 is 9.46 Å². The van der Waals surface area contributed by atoms with Gasteiger partial charge in [-0.2, -0.15) is 0 Å². The number of fused-ring (bicyclic) bond motifs is 2. The molecule has 0 atom stereocenters. The third kappa shape index (κ3) is 2.95. The van der Waals surface area contributed by atoms with Gasteiger partial charge in [-0.3, -0.25) is 14.3 Å². The van der Waals surface area contributed by atoms with E-state index in [1.165, 1.54) is 37.4 Å². The first-order valence-electron chi connectivity index (χ1n) is 8.40. The number of hydrogen-bond donors (Lipinski definition) is 1. The largest absolute Gasteiger partial charge is 0.497 e. The molecule has 0 saturated carbocycles. The Morgan fingerprint density at radius 2 is 1.32 bits per heavy atom. The maximum atomic E-state index is 12.8. The smallest absolute Gasteiger partial charge is 0.261 e. The Balaban J connectivity index is 1.69. The third-order valence-corrected chi connectivity index (χ3v) is 5.94. The van der Waals surface area contributed by atoms with Crippen molar-refractivity contribution in [3.05, 3.63) is 89.0 Å². The molecule has 4 rings (SSSR count). The van der Waals surface area contributed by atoms with E-state index in [9.17, 15) is 18.0 Å². The second kappa shape index (κ2) is 6.61.